The number of hydrogen-bond donors (Lipinski definition) is 2. The number of rotatable bonds is 17. The lowest BCUT2D eigenvalue weighted by atomic mass is 9.71. The number of anilines is 2. The van der Waals surface area contributed by atoms with E-state index in [0.717, 1.165) is 110 Å². The SMILES string of the molecule is CCOc1cc(C(C)(C)C)ccc1C1=N[C@@](C)(c2ccc(Cl)cc2)[C@@](C)(c2ccc(Cl)cc2)N1C(=O)N1CCN(CCCCCCCCC(=O)NCCn2cc3c(n2)CN(C)C(=O)c2ccc(F)cc2[C@H]2CCCN2c2cc-3cnc2N)CC1. The smallest absolute Gasteiger partial charge is 0.326 e. The van der Waals surface area contributed by atoms with Gasteiger partial charge in [-0.1, -0.05) is 100.0 Å². The lowest BCUT2D eigenvalue weighted by molar-refractivity contribution is -0.121. The van der Waals surface area contributed by atoms with Crippen LogP contribution in [-0.2, 0) is 34.4 Å². The van der Waals surface area contributed by atoms with Crippen molar-refractivity contribution < 1.29 is 23.5 Å². The Balaban J connectivity index is 0.709. The summed E-state index contributed by atoms with van der Waals surface area (Å²) in [4.78, 5) is 62.9. The summed E-state index contributed by atoms with van der Waals surface area (Å²) in [6.45, 7) is 18.6. The number of piperazine rings is 1. The Morgan fingerprint density at radius 3 is 2.20 bits per heavy atom. The number of aliphatic imine (C=N–C) groups is 1. The van der Waals surface area contributed by atoms with Crippen molar-refractivity contribution in [2.24, 2.45) is 4.99 Å². The number of aromatic nitrogens is 3. The number of nitrogens with two attached hydrogens (primary N) is 1. The second-order valence-electron chi connectivity index (χ2n) is 24.3. The van der Waals surface area contributed by atoms with Crippen molar-refractivity contribution in [1.29, 1.82) is 0 Å². The predicted molar refractivity (Wildman–Crippen MR) is 332 cm³/mol. The van der Waals surface area contributed by atoms with Crippen molar-refractivity contribution in [1.82, 2.24) is 39.7 Å². The van der Waals surface area contributed by atoms with E-state index >= 15 is 4.79 Å². The zero-order valence-electron chi connectivity index (χ0n) is 49.7. The quantitative estimate of drug-likeness (QED) is 0.0848. The van der Waals surface area contributed by atoms with Gasteiger partial charge in [0.25, 0.3) is 5.91 Å². The fraction of sp³-hybridized carbons (Fsp3) is 0.455. The third-order valence-electron chi connectivity index (χ3n) is 17.7. The summed E-state index contributed by atoms with van der Waals surface area (Å²) in [6.07, 6.45) is 11.8. The third kappa shape index (κ3) is 12.4. The highest BCUT2D eigenvalue weighted by Gasteiger charge is 2.60. The molecule has 2 aromatic heterocycles. The molecule has 4 aliphatic rings. The van der Waals surface area contributed by atoms with Gasteiger partial charge in [-0.25, -0.2) is 14.2 Å². The molecule has 444 valence electrons. The number of nitrogens with zero attached hydrogens (tertiary/aromatic N) is 9. The molecular formula is C66H80Cl2FN11O4. The monoisotopic (exact) mass is 1180 g/mol. The van der Waals surface area contributed by atoms with E-state index in [-0.39, 0.29) is 41.7 Å². The Hall–Kier alpha value is -7.01. The molecular weight excluding hydrogens is 1100 g/mol. The van der Waals surface area contributed by atoms with Gasteiger partial charge in [-0.3, -0.25) is 29.1 Å². The first-order valence-corrected chi connectivity index (χ1v) is 30.6. The first-order valence-electron chi connectivity index (χ1n) is 29.9. The number of amidine groups is 1. The number of fused-ring (bicyclic) bond motifs is 8. The predicted octanol–water partition coefficient (Wildman–Crippen LogP) is 12.8. The molecule has 15 nitrogen and oxygen atoms in total. The number of pyridine rings is 1. The number of nitrogens with one attached hydrogen (secondary N) is 1. The Morgan fingerprint density at radius 1 is 0.821 bits per heavy atom. The Morgan fingerprint density at radius 2 is 1.50 bits per heavy atom. The molecule has 2 fully saturated rings. The van der Waals surface area contributed by atoms with Crippen molar-refractivity contribution in [2.45, 2.75) is 135 Å². The van der Waals surface area contributed by atoms with E-state index in [1.54, 1.807) is 24.2 Å². The van der Waals surface area contributed by atoms with Crippen molar-refractivity contribution in [3.63, 3.8) is 0 Å². The lowest BCUT2D eigenvalue weighted by Crippen LogP contribution is -2.60. The molecule has 0 unspecified atom stereocenters. The molecule has 6 heterocycles. The first kappa shape index (κ1) is 60.1. The molecule has 4 amide bonds. The molecule has 3 N–H and O–H groups in total. The number of benzene rings is 4. The Labute approximate surface area is 504 Å². The van der Waals surface area contributed by atoms with Crippen LogP contribution in [0.25, 0.3) is 11.1 Å². The highest BCUT2D eigenvalue weighted by Crippen LogP contribution is 2.54. The average Bonchev–Trinajstić information content (AvgIpc) is 1.54. The number of hydrogen-bond acceptors (Lipinski definition) is 10. The zero-order valence-corrected chi connectivity index (χ0v) is 51.2. The van der Waals surface area contributed by atoms with Gasteiger partial charge in [0, 0.05) is 91.9 Å². The van der Waals surface area contributed by atoms with Crippen LogP contribution in [0.1, 0.15) is 149 Å². The maximum Gasteiger partial charge on any atom is 0.326 e. The summed E-state index contributed by atoms with van der Waals surface area (Å²) in [7, 11) is 1.74. The fourth-order valence-electron chi connectivity index (χ4n) is 12.7. The van der Waals surface area contributed by atoms with E-state index in [0.29, 0.717) is 90.0 Å². The minimum absolute atomic E-state index is 0.00929. The Bertz CT molecular complexity index is 3400. The van der Waals surface area contributed by atoms with Crippen molar-refractivity contribution in [2.75, 3.05) is 70.1 Å². The molecule has 0 spiro atoms. The molecule has 6 aromatic rings. The minimum atomic E-state index is -1.00. The second-order valence-corrected chi connectivity index (χ2v) is 25.2. The Kier molecular flexibility index (Phi) is 18.1. The number of amides is 4. The molecule has 4 aromatic carbocycles. The third-order valence-corrected chi connectivity index (χ3v) is 18.2. The van der Waals surface area contributed by atoms with Crippen LogP contribution in [0.4, 0.5) is 20.7 Å². The van der Waals surface area contributed by atoms with E-state index in [4.69, 9.17) is 43.8 Å². The molecule has 84 heavy (non-hydrogen) atoms. The van der Waals surface area contributed by atoms with Gasteiger partial charge < -0.3 is 30.5 Å². The van der Waals surface area contributed by atoms with Crippen LogP contribution in [0.2, 0.25) is 10.0 Å². The summed E-state index contributed by atoms with van der Waals surface area (Å²) in [5.41, 5.74) is 12.3. The molecule has 0 aliphatic carbocycles. The molecule has 4 aliphatic heterocycles. The van der Waals surface area contributed by atoms with Crippen LogP contribution in [0, 0.1) is 5.82 Å². The van der Waals surface area contributed by atoms with Crippen molar-refractivity contribution in [3.8, 4) is 16.9 Å². The van der Waals surface area contributed by atoms with E-state index in [1.807, 2.05) is 82.2 Å². The maximum atomic E-state index is 15.6. The van der Waals surface area contributed by atoms with E-state index in [2.05, 4.69) is 72.9 Å². The topological polar surface area (TPSA) is 158 Å². The van der Waals surface area contributed by atoms with E-state index < -0.39 is 11.1 Å². The van der Waals surface area contributed by atoms with Crippen LogP contribution in [0.15, 0.2) is 108 Å². The van der Waals surface area contributed by atoms with Gasteiger partial charge in [-0.05, 0) is 141 Å². The van der Waals surface area contributed by atoms with Crippen LogP contribution in [-0.4, -0.2) is 118 Å². The normalized spacial score (nSPS) is 20.0. The van der Waals surface area contributed by atoms with E-state index in [1.165, 1.54) is 12.1 Å². The molecule has 0 saturated carbocycles. The number of ether oxygens (including phenoxy) is 1. The highest BCUT2D eigenvalue weighted by atomic mass is 35.5. The van der Waals surface area contributed by atoms with Gasteiger partial charge in [0.05, 0.1) is 42.7 Å². The van der Waals surface area contributed by atoms with Crippen molar-refractivity contribution >= 4 is 58.4 Å². The summed E-state index contributed by atoms with van der Waals surface area (Å²) in [5.74, 6) is 1.02. The standard InChI is InChI=1S/C66H80Cl2FN11O4/c1-8-84-58-39-47(64(2,3)4)22-28-52(58)61-73-65(5,45-18-23-48(67)24-19-45)66(6,46-20-25-49(68)26-21-46)80(61)63(83)77-36-34-76(35-37-77)31-14-12-10-9-11-13-17-59(81)71-30-33-78-42-54-44-38-57(60(70)72-41-44)79-32-15-16-56(79)53-40-50(69)27-29-51(53)62(82)75(7)43-55(54)74-78/h18-29,38-42,56H,8-17,30-37,43H2,1-7H3,(H2,70,72)(H,71,81)/t56-,65+,66-/m1/s1. The summed E-state index contributed by atoms with van der Waals surface area (Å²) < 4.78 is 22.9. The summed E-state index contributed by atoms with van der Waals surface area (Å²) in [5, 5.41) is 9.21. The van der Waals surface area contributed by atoms with Gasteiger partial charge in [-0.15, -0.1) is 0 Å². The largest absolute Gasteiger partial charge is 0.493 e. The number of halogens is 3. The average molecular weight is 1180 g/mol. The number of carbonyl (C=O) groups is 3. The molecule has 18 heteroatoms. The summed E-state index contributed by atoms with van der Waals surface area (Å²) in [6, 6.07) is 27.9. The molecule has 0 radical (unpaired) electrons. The van der Waals surface area contributed by atoms with Gasteiger partial charge >= 0.3 is 6.03 Å². The minimum Gasteiger partial charge on any atom is -0.493 e. The zero-order chi connectivity index (χ0) is 59.5. The van der Waals surface area contributed by atoms with Crippen molar-refractivity contribution in [3.05, 3.63) is 158 Å². The number of urea groups is 1. The maximum absolute atomic E-state index is 15.6. The van der Waals surface area contributed by atoms with Gasteiger partial charge in [0.15, 0.2) is 0 Å². The molecule has 10 rings (SSSR count). The fourth-order valence-corrected chi connectivity index (χ4v) is 13.0. The molecule has 2 saturated heterocycles. The first-order chi connectivity index (χ1) is 40.3. The summed E-state index contributed by atoms with van der Waals surface area (Å²) >= 11 is 13.0. The lowest BCUT2D eigenvalue weighted by Gasteiger charge is -2.47. The number of nitrogen functional groups attached to an aromatic ring is 1. The van der Waals surface area contributed by atoms with Crippen LogP contribution in [0.5, 0.6) is 5.75 Å². The van der Waals surface area contributed by atoms with Gasteiger partial charge in [0.1, 0.15) is 34.3 Å². The van der Waals surface area contributed by atoms with Crippen LogP contribution in [0.3, 0.4) is 0 Å². The number of unbranched alkanes of at least 4 members (excludes halogenated alkanes) is 5. The van der Waals surface area contributed by atoms with E-state index in [9.17, 15) is 14.0 Å². The van der Waals surface area contributed by atoms with Crippen LogP contribution >= 0.6 is 23.2 Å². The van der Waals surface area contributed by atoms with Crippen LogP contribution < -0.4 is 20.7 Å². The number of carbonyl (C=O) groups excluding carboxylic acids is 3. The molecule has 2 bridgehead atoms. The van der Waals surface area contributed by atoms with Gasteiger partial charge in [-0.2, -0.15) is 5.10 Å². The molecule has 3 atom stereocenters. The second kappa shape index (κ2) is 25.3. The van der Waals surface area contributed by atoms with Gasteiger partial charge in [0.2, 0.25) is 5.91 Å². The highest BCUT2D eigenvalue weighted by molar-refractivity contribution is 6.30.